The lowest BCUT2D eigenvalue weighted by molar-refractivity contribution is 0.393. The Kier molecular flexibility index (Phi) is 3.98. The van der Waals surface area contributed by atoms with Crippen molar-refractivity contribution in [2.45, 2.75) is 52.0 Å². The predicted molar refractivity (Wildman–Crippen MR) is 58.9 cm³/mol. The maximum atomic E-state index is 3.54. The van der Waals surface area contributed by atoms with Gasteiger partial charge in [0.1, 0.15) is 0 Å². The Morgan fingerprint density at radius 1 is 1.38 bits per heavy atom. The van der Waals surface area contributed by atoms with E-state index in [1.165, 1.54) is 25.7 Å². The molecule has 1 N–H and O–H groups in total. The minimum atomic E-state index is 0.276. The van der Waals surface area contributed by atoms with E-state index in [2.05, 4.69) is 38.2 Å². The summed E-state index contributed by atoms with van der Waals surface area (Å²) in [7, 11) is 0. The quantitative estimate of drug-likeness (QED) is 0.660. The van der Waals surface area contributed by atoms with E-state index in [1.54, 1.807) is 0 Å². The van der Waals surface area contributed by atoms with Crippen molar-refractivity contribution in [1.29, 1.82) is 0 Å². The van der Waals surface area contributed by atoms with Crippen molar-refractivity contribution in [3.8, 4) is 0 Å². The molecule has 1 heteroatoms. The van der Waals surface area contributed by atoms with Crippen molar-refractivity contribution in [3.63, 3.8) is 0 Å². The standard InChI is InChI=1S/C12H23N/c1-12(2,3)13-10-9-11-7-5-4-6-8-11/h5,7,11,13H,4,6,8-10H2,1-3H3. The molecule has 0 aromatic carbocycles. The van der Waals surface area contributed by atoms with Crippen LogP contribution >= 0.6 is 0 Å². The zero-order valence-electron chi connectivity index (χ0n) is 9.27. The molecular formula is C12H23N. The highest BCUT2D eigenvalue weighted by molar-refractivity contribution is 4.93. The van der Waals surface area contributed by atoms with Gasteiger partial charge in [0.15, 0.2) is 0 Å². The molecule has 0 bridgehead atoms. The van der Waals surface area contributed by atoms with Gasteiger partial charge in [0.05, 0.1) is 0 Å². The lowest BCUT2D eigenvalue weighted by Gasteiger charge is -2.23. The first-order valence-electron chi connectivity index (χ1n) is 5.49. The smallest absolute Gasteiger partial charge is 0.00965 e. The monoisotopic (exact) mass is 181 g/mol. The Hall–Kier alpha value is -0.300. The zero-order valence-corrected chi connectivity index (χ0v) is 9.27. The molecular weight excluding hydrogens is 158 g/mol. The van der Waals surface area contributed by atoms with Gasteiger partial charge in [-0.05, 0) is 58.9 Å². The van der Waals surface area contributed by atoms with Gasteiger partial charge >= 0.3 is 0 Å². The third-order valence-electron chi connectivity index (χ3n) is 2.52. The SMILES string of the molecule is CC(C)(C)NCCC1C=CCCC1. The van der Waals surface area contributed by atoms with E-state index in [0.717, 1.165) is 12.5 Å². The van der Waals surface area contributed by atoms with Crippen LogP contribution in [0.5, 0.6) is 0 Å². The normalized spacial score (nSPS) is 23.5. The molecule has 1 aliphatic carbocycles. The van der Waals surface area contributed by atoms with Crippen LogP contribution in [0.2, 0.25) is 0 Å². The zero-order chi connectivity index (χ0) is 9.73. The first kappa shape index (κ1) is 10.8. The molecule has 0 amide bonds. The topological polar surface area (TPSA) is 12.0 Å². The molecule has 76 valence electrons. The summed E-state index contributed by atoms with van der Waals surface area (Å²) < 4.78 is 0. The van der Waals surface area contributed by atoms with Gasteiger partial charge in [-0.2, -0.15) is 0 Å². The van der Waals surface area contributed by atoms with Gasteiger partial charge in [0, 0.05) is 5.54 Å². The molecule has 0 aromatic heterocycles. The van der Waals surface area contributed by atoms with Crippen molar-refractivity contribution in [2.75, 3.05) is 6.54 Å². The first-order chi connectivity index (χ1) is 6.08. The largest absolute Gasteiger partial charge is 0.312 e. The second-order valence-electron chi connectivity index (χ2n) is 5.08. The van der Waals surface area contributed by atoms with Crippen LogP contribution in [0.25, 0.3) is 0 Å². The summed E-state index contributed by atoms with van der Waals surface area (Å²) in [5.41, 5.74) is 0.276. The van der Waals surface area contributed by atoms with Crippen LogP contribution in [0, 0.1) is 5.92 Å². The van der Waals surface area contributed by atoms with Crippen LogP contribution in [0.3, 0.4) is 0 Å². The maximum absolute atomic E-state index is 3.54. The molecule has 1 nitrogen and oxygen atoms in total. The Labute approximate surface area is 82.6 Å². The molecule has 13 heavy (non-hydrogen) atoms. The molecule has 0 radical (unpaired) electrons. The average molecular weight is 181 g/mol. The van der Waals surface area contributed by atoms with Gasteiger partial charge in [0.25, 0.3) is 0 Å². The summed E-state index contributed by atoms with van der Waals surface area (Å²) >= 11 is 0. The van der Waals surface area contributed by atoms with Crippen molar-refractivity contribution < 1.29 is 0 Å². The van der Waals surface area contributed by atoms with Gasteiger partial charge in [-0.15, -0.1) is 0 Å². The van der Waals surface area contributed by atoms with Crippen LogP contribution in [-0.4, -0.2) is 12.1 Å². The lowest BCUT2D eigenvalue weighted by Crippen LogP contribution is -2.37. The fraction of sp³-hybridized carbons (Fsp3) is 0.833. The summed E-state index contributed by atoms with van der Waals surface area (Å²) in [6.45, 7) is 7.83. The Morgan fingerprint density at radius 3 is 2.69 bits per heavy atom. The van der Waals surface area contributed by atoms with Gasteiger partial charge in [-0.25, -0.2) is 0 Å². The van der Waals surface area contributed by atoms with E-state index in [9.17, 15) is 0 Å². The fourth-order valence-electron chi connectivity index (χ4n) is 1.76. The molecule has 0 spiro atoms. The van der Waals surface area contributed by atoms with Gasteiger partial charge in [0.2, 0.25) is 0 Å². The van der Waals surface area contributed by atoms with Crippen molar-refractivity contribution >= 4 is 0 Å². The summed E-state index contributed by atoms with van der Waals surface area (Å²) in [5, 5.41) is 3.54. The molecule has 0 heterocycles. The minimum absolute atomic E-state index is 0.276. The molecule has 0 saturated carbocycles. The summed E-state index contributed by atoms with van der Waals surface area (Å²) in [4.78, 5) is 0. The number of hydrogen-bond donors (Lipinski definition) is 1. The van der Waals surface area contributed by atoms with Gasteiger partial charge in [-0.3, -0.25) is 0 Å². The highest BCUT2D eigenvalue weighted by Gasteiger charge is 2.11. The molecule has 0 aromatic rings. The van der Waals surface area contributed by atoms with Crippen LogP contribution in [-0.2, 0) is 0 Å². The number of allylic oxidation sites excluding steroid dienone is 2. The second kappa shape index (κ2) is 4.80. The van der Waals surface area contributed by atoms with Crippen LogP contribution in [0.1, 0.15) is 46.5 Å². The highest BCUT2D eigenvalue weighted by atomic mass is 14.9. The lowest BCUT2D eigenvalue weighted by atomic mass is 9.93. The van der Waals surface area contributed by atoms with Crippen molar-refractivity contribution in [3.05, 3.63) is 12.2 Å². The molecule has 1 rings (SSSR count). The van der Waals surface area contributed by atoms with E-state index in [-0.39, 0.29) is 5.54 Å². The third kappa shape index (κ3) is 5.09. The first-order valence-corrected chi connectivity index (χ1v) is 5.49. The second-order valence-corrected chi connectivity index (χ2v) is 5.08. The number of hydrogen-bond acceptors (Lipinski definition) is 1. The van der Waals surface area contributed by atoms with Gasteiger partial charge in [-0.1, -0.05) is 12.2 Å². The Bertz CT molecular complexity index is 164. The van der Waals surface area contributed by atoms with Crippen molar-refractivity contribution in [2.24, 2.45) is 5.92 Å². The number of nitrogens with one attached hydrogen (secondary N) is 1. The van der Waals surface area contributed by atoms with E-state index < -0.39 is 0 Å². The fourth-order valence-corrected chi connectivity index (χ4v) is 1.76. The summed E-state index contributed by atoms with van der Waals surface area (Å²) in [6, 6.07) is 0. The highest BCUT2D eigenvalue weighted by Crippen LogP contribution is 2.19. The molecule has 0 saturated heterocycles. The minimum Gasteiger partial charge on any atom is -0.312 e. The van der Waals surface area contributed by atoms with Crippen LogP contribution < -0.4 is 5.32 Å². The molecule has 1 atom stereocenters. The van der Waals surface area contributed by atoms with Crippen molar-refractivity contribution in [1.82, 2.24) is 5.32 Å². The van der Waals surface area contributed by atoms with E-state index in [0.29, 0.717) is 0 Å². The molecule has 0 aliphatic heterocycles. The number of rotatable bonds is 3. The Balaban J connectivity index is 2.12. The van der Waals surface area contributed by atoms with E-state index in [4.69, 9.17) is 0 Å². The average Bonchev–Trinajstić information content (AvgIpc) is 2.04. The molecule has 1 unspecified atom stereocenters. The van der Waals surface area contributed by atoms with Crippen LogP contribution in [0.4, 0.5) is 0 Å². The van der Waals surface area contributed by atoms with Crippen LogP contribution in [0.15, 0.2) is 12.2 Å². The van der Waals surface area contributed by atoms with E-state index >= 15 is 0 Å². The summed E-state index contributed by atoms with van der Waals surface area (Å²) in [6.07, 6.45) is 10.1. The predicted octanol–water partition coefficient (Wildman–Crippen LogP) is 3.12. The van der Waals surface area contributed by atoms with Gasteiger partial charge < -0.3 is 5.32 Å². The van der Waals surface area contributed by atoms with E-state index in [1.807, 2.05) is 0 Å². The third-order valence-corrected chi connectivity index (χ3v) is 2.52. The molecule has 1 aliphatic rings. The Morgan fingerprint density at radius 2 is 2.15 bits per heavy atom. The summed E-state index contributed by atoms with van der Waals surface area (Å²) in [5.74, 6) is 0.837. The maximum Gasteiger partial charge on any atom is 0.00965 e. The molecule has 0 fully saturated rings.